The maximum Gasteiger partial charge on any atom is 0.408 e. The molecule has 11 heteroatoms. The number of hydrogen-bond donors (Lipinski definition) is 3. The van der Waals surface area contributed by atoms with Crippen molar-refractivity contribution < 1.29 is 37.8 Å². The molecule has 0 fully saturated rings. The molecule has 0 aromatic heterocycles. The monoisotopic (exact) mass is 410 g/mol. The molecule has 0 saturated carbocycles. The van der Waals surface area contributed by atoms with Crippen LogP contribution in [0.3, 0.4) is 0 Å². The Bertz CT molecular complexity index is 537. The third-order valence-corrected chi connectivity index (χ3v) is 5.07. The molecule has 0 radical (unpaired) electrons. The van der Waals surface area contributed by atoms with Gasteiger partial charge in [0.2, 0.25) is 5.91 Å². The lowest BCUT2D eigenvalue weighted by Gasteiger charge is -2.23. The molecule has 0 spiro atoms. The van der Waals surface area contributed by atoms with Crippen molar-refractivity contribution in [3.63, 3.8) is 0 Å². The maximum atomic E-state index is 12.4. The van der Waals surface area contributed by atoms with Gasteiger partial charge in [0.1, 0.15) is 11.6 Å². The Kier molecular flexibility index (Phi) is 11.2. The van der Waals surface area contributed by atoms with Gasteiger partial charge in [0.25, 0.3) is 0 Å². The Morgan fingerprint density at radius 3 is 2.11 bits per heavy atom. The predicted molar refractivity (Wildman–Crippen MR) is 98.8 cm³/mol. The van der Waals surface area contributed by atoms with Crippen LogP contribution in [0.4, 0.5) is 4.79 Å². The average molecular weight is 410 g/mol. The first-order valence-corrected chi connectivity index (χ1v) is 10.5. The summed E-state index contributed by atoms with van der Waals surface area (Å²) >= 11 is 0. The highest BCUT2D eigenvalue weighted by molar-refractivity contribution is 7.53. The summed E-state index contributed by atoms with van der Waals surface area (Å²) < 4.78 is 27.7. The number of aliphatic carboxylic acids is 1. The first-order chi connectivity index (χ1) is 12.4. The summed E-state index contributed by atoms with van der Waals surface area (Å²) in [5.41, 5.74) is -0.764. The Balaban J connectivity index is 4.80. The second-order valence-electron chi connectivity index (χ2n) is 6.59. The number of rotatable bonds is 12. The fraction of sp³-hybridized carbons (Fsp3) is 0.812. The van der Waals surface area contributed by atoms with Crippen molar-refractivity contribution in [2.45, 2.75) is 59.1 Å². The highest BCUT2D eigenvalue weighted by Gasteiger charge is 2.27. The molecule has 27 heavy (non-hydrogen) atoms. The number of carbonyl (C=O) groups excluding carboxylic acids is 2. The van der Waals surface area contributed by atoms with Crippen LogP contribution in [0.5, 0.6) is 0 Å². The van der Waals surface area contributed by atoms with Crippen molar-refractivity contribution in [1.29, 1.82) is 0 Å². The zero-order chi connectivity index (χ0) is 21.1. The predicted octanol–water partition coefficient (Wildman–Crippen LogP) is 2.13. The molecule has 2 amide bonds. The van der Waals surface area contributed by atoms with Gasteiger partial charge in [-0.3, -0.25) is 14.2 Å². The zero-order valence-corrected chi connectivity index (χ0v) is 17.5. The molecule has 0 rings (SSSR count). The van der Waals surface area contributed by atoms with E-state index in [4.69, 9.17) is 18.9 Å². The number of carboxylic acid groups (broad SMARTS) is 1. The minimum atomic E-state index is -3.31. The molecule has 0 aliphatic rings. The van der Waals surface area contributed by atoms with Gasteiger partial charge in [-0.15, -0.1) is 0 Å². The molecular formula is C16H31N2O8P. The molecule has 0 aromatic rings. The summed E-state index contributed by atoms with van der Waals surface area (Å²) in [4.78, 5) is 35.0. The van der Waals surface area contributed by atoms with Gasteiger partial charge in [0.05, 0.1) is 19.4 Å². The molecule has 1 atom stereocenters. The lowest BCUT2D eigenvalue weighted by Crippen LogP contribution is -2.48. The van der Waals surface area contributed by atoms with Crippen molar-refractivity contribution in [1.82, 2.24) is 10.6 Å². The van der Waals surface area contributed by atoms with E-state index in [0.717, 1.165) is 0 Å². The summed E-state index contributed by atoms with van der Waals surface area (Å²) in [5.74, 6) is -1.71. The molecular weight excluding hydrogens is 379 g/mol. The van der Waals surface area contributed by atoms with E-state index in [1.54, 1.807) is 34.6 Å². The highest BCUT2D eigenvalue weighted by atomic mass is 31.2. The molecule has 3 N–H and O–H groups in total. The van der Waals surface area contributed by atoms with Crippen LogP contribution in [0, 0.1) is 0 Å². The summed E-state index contributed by atoms with van der Waals surface area (Å²) in [5, 5.41) is 13.7. The fourth-order valence-electron chi connectivity index (χ4n) is 1.99. The molecule has 0 heterocycles. The number of nitrogens with one attached hydrogen (secondary N) is 2. The molecule has 0 unspecified atom stereocenters. The number of carboxylic acids is 1. The first-order valence-electron chi connectivity index (χ1n) is 8.79. The number of amides is 2. The highest BCUT2D eigenvalue weighted by Crippen LogP contribution is 2.47. The average Bonchev–Trinajstić information content (AvgIpc) is 2.49. The minimum absolute atomic E-state index is 0.0182. The number of carbonyl (C=O) groups is 3. The Labute approximate surface area is 159 Å². The van der Waals surface area contributed by atoms with E-state index < -0.39 is 37.2 Å². The van der Waals surface area contributed by atoms with Crippen molar-refractivity contribution in [3.8, 4) is 0 Å². The van der Waals surface area contributed by atoms with Crippen molar-refractivity contribution >= 4 is 25.6 Å². The van der Waals surface area contributed by atoms with Gasteiger partial charge >= 0.3 is 19.7 Å². The van der Waals surface area contributed by atoms with E-state index in [1.807, 2.05) is 0 Å². The van der Waals surface area contributed by atoms with E-state index in [1.165, 1.54) is 0 Å². The molecule has 0 bridgehead atoms. The number of ether oxygens (including phenoxy) is 1. The maximum absolute atomic E-state index is 12.4. The summed E-state index contributed by atoms with van der Waals surface area (Å²) in [6.07, 6.45) is -1.31. The van der Waals surface area contributed by atoms with E-state index in [0.29, 0.717) is 0 Å². The van der Waals surface area contributed by atoms with Crippen LogP contribution >= 0.6 is 7.60 Å². The van der Waals surface area contributed by atoms with Gasteiger partial charge in [-0.05, 0) is 41.0 Å². The number of alkyl carbamates (subject to hydrolysis) is 1. The lowest BCUT2D eigenvalue weighted by molar-refractivity contribution is -0.137. The summed E-state index contributed by atoms with van der Waals surface area (Å²) in [7, 11) is -3.31. The Morgan fingerprint density at radius 2 is 1.67 bits per heavy atom. The standard InChI is InChI=1S/C16H31N2O8P/c1-6-24-27(23,25-7-2)11-10-17-14(21)12(8-9-13(19)20)18-15(22)26-16(3,4)5/h12H,6-11H2,1-5H3,(H,17,21)(H,18,22)(H,19,20)/t12-/m0/s1. The first kappa shape index (κ1) is 25.4. The van der Waals surface area contributed by atoms with Crippen LogP contribution < -0.4 is 10.6 Å². The van der Waals surface area contributed by atoms with E-state index in [9.17, 15) is 18.9 Å². The van der Waals surface area contributed by atoms with E-state index in [2.05, 4.69) is 10.6 Å². The summed E-state index contributed by atoms with van der Waals surface area (Å²) in [6.45, 7) is 8.73. The van der Waals surface area contributed by atoms with Gasteiger partial charge < -0.3 is 29.5 Å². The van der Waals surface area contributed by atoms with Crippen molar-refractivity contribution in [2.75, 3.05) is 25.9 Å². The smallest absolute Gasteiger partial charge is 0.408 e. The van der Waals surface area contributed by atoms with Crippen LogP contribution in [-0.2, 0) is 27.9 Å². The molecule has 0 saturated heterocycles. The fourth-order valence-corrected chi connectivity index (χ4v) is 3.49. The minimum Gasteiger partial charge on any atom is -0.481 e. The van der Waals surface area contributed by atoms with Crippen LogP contribution in [0.1, 0.15) is 47.5 Å². The zero-order valence-electron chi connectivity index (χ0n) is 16.6. The van der Waals surface area contributed by atoms with Crippen LogP contribution in [0.15, 0.2) is 0 Å². The molecule has 0 aliphatic heterocycles. The van der Waals surface area contributed by atoms with Gasteiger partial charge in [-0.25, -0.2) is 4.79 Å². The van der Waals surface area contributed by atoms with E-state index in [-0.39, 0.29) is 38.8 Å². The third-order valence-electron chi connectivity index (χ3n) is 2.99. The SMILES string of the molecule is CCOP(=O)(CCNC(=O)[C@H](CCC(=O)O)NC(=O)OC(C)(C)C)OCC. The van der Waals surface area contributed by atoms with Gasteiger partial charge in [0, 0.05) is 13.0 Å². The molecule has 0 aliphatic carbocycles. The Morgan fingerprint density at radius 1 is 1.11 bits per heavy atom. The second-order valence-corrected chi connectivity index (χ2v) is 8.78. The van der Waals surface area contributed by atoms with Gasteiger partial charge in [-0.2, -0.15) is 0 Å². The van der Waals surface area contributed by atoms with Gasteiger partial charge in [0.15, 0.2) is 0 Å². The topological polar surface area (TPSA) is 140 Å². The van der Waals surface area contributed by atoms with Gasteiger partial charge in [-0.1, -0.05) is 0 Å². The van der Waals surface area contributed by atoms with Crippen LogP contribution in [0.2, 0.25) is 0 Å². The van der Waals surface area contributed by atoms with Crippen molar-refractivity contribution in [3.05, 3.63) is 0 Å². The second kappa shape index (κ2) is 11.9. The third kappa shape index (κ3) is 12.4. The largest absolute Gasteiger partial charge is 0.481 e. The number of hydrogen-bond acceptors (Lipinski definition) is 7. The summed E-state index contributed by atoms with van der Waals surface area (Å²) in [6, 6.07) is -1.10. The quantitative estimate of drug-likeness (QED) is 0.416. The molecule has 158 valence electrons. The van der Waals surface area contributed by atoms with Crippen LogP contribution in [0.25, 0.3) is 0 Å². The molecule has 10 nitrogen and oxygen atoms in total. The van der Waals surface area contributed by atoms with E-state index >= 15 is 0 Å². The normalized spacial score (nSPS) is 12.9. The lowest BCUT2D eigenvalue weighted by atomic mass is 10.1. The Hall–Kier alpha value is -1.64. The molecule has 0 aromatic carbocycles. The van der Waals surface area contributed by atoms with Crippen molar-refractivity contribution in [2.24, 2.45) is 0 Å². The van der Waals surface area contributed by atoms with Crippen LogP contribution in [-0.4, -0.2) is 60.6 Å².